The molecule has 0 amide bonds. The van der Waals surface area contributed by atoms with Crippen molar-refractivity contribution in [1.82, 2.24) is 15.1 Å². The second-order valence-electron chi connectivity index (χ2n) is 6.85. The van der Waals surface area contributed by atoms with Crippen LogP contribution < -0.4 is 9.64 Å². The molecule has 0 saturated carbocycles. The lowest BCUT2D eigenvalue weighted by atomic mass is 10.0. The Kier molecular flexibility index (Phi) is 5.60. The van der Waals surface area contributed by atoms with E-state index in [1.165, 1.54) is 6.07 Å². The lowest BCUT2D eigenvalue weighted by molar-refractivity contribution is -0.0534. The van der Waals surface area contributed by atoms with E-state index in [1.54, 1.807) is 6.07 Å². The van der Waals surface area contributed by atoms with Crippen LogP contribution in [0.25, 0.3) is 11.3 Å². The molecule has 0 atom stereocenters. The Hall–Kier alpha value is -2.77. The van der Waals surface area contributed by atoms with Crippen molar-refractivity contribution in [3.63, 3.8) is 0 Å². The zero-order chi connectivity index (χ0) is 20.4. The summed E-state index contributed by atoms with van der Waals surface area (Å²) in [6.45, 7) is -0.408. The molecule has 0 spiro atoms. The van der Waals surface area contributed by atoms with E-state index in [9.17, 15) is 8.78 Å². The average molecular weight is 417 g/mol. The van der Waals surface area contributed by atoms with Crippen molar-refractivity contribution >= 4 is 23.0 Å². The molecular weight excluding hydrogens is 398 g/mol. The molecule has 0 bridgehead atoms. The minimum absolute atomic E-state index is 0.203. The second kappa shape index (κ2) is 8.31. The maximum absolute atomic E-state index is 12.3. The Labute approximate surface area is 172 Å². The van der Waals surface area contributed by atoms with Crippen LogP contribution in [0.1, 0.15) is 5.56 Å². The van der Waals surface area contributed by atoms with Gasteiger partial charge < -0.3 is 14.5 Å². The Morgan fingerprint density at radius 3 is 2.62 bits per heavy atom. The molecule has 0 saturated heterocycles. The number of nitrogens with zero attached hydrogens (tertiary/aromatic N) is 4. The molecule has 1 aliphatic heterocycles. The Morgan fingerprint density at radius 1 is 1.03 bits per heavy atom. The van der Waals surface area contributed by atoms with E-state index >= 15 is 0 Å². The van der Waals surface area contributed by atoms with Gasteiger partial charge in [-0.15, -0.1) is 10.2 Å². The Bertz CT molecular complexity index is 1000. The van der Waals surface area contributed by atoms with Gasteiger partial charge in [0.2, 0.25) is 5.88 Å². The number of fused-ring (bicyclic) bond motifs is 1. The smallest absolute Gasteiger partial charge is 0.388 e. The summed E-state index contributed by atoms with van der Waals surface area (Å²) in [5.41, 5.74) is 4.73. The van der Waals surface area contributed by atoms with Crippen molar-refractivity contribution in [3.8, 4) is 17.1 Å². The molecule has 0 N–H and O–H groups in total. The lowest BCUT2D eigenvalue weighted by Gasteiger charge is -2.25. The summed E-state index contributed by atoms with van der Waals surface area (Å²) in [7, 11) is 2.08. The summed E-state index contributed by atoms with van der Waals surface area (Å²) in [6, 6.07) is 16.9. The molecular formula is C21H19ClF2N4O. The molecule has 1 aliphatic rings. The first-order valence-corrected chi connectivity index (χ1v) is 9.51. The molecule has 0 unspecified atom stereocenters. The summed E-state index contributed by atoms with van der Waals surface area (Å²) in [6.07, 6.45) is 0. The molecule has 2 aromatic carbocycles. The molecule has 3 aromatic rings. The van der Waals surface area contributed by atoms with E-state index in [-0.39, 0.29) is 5.88 Å². The number of benzene rings is 2. The van der Waals surface area contributed by atoms with Crippen LogP contribution in [0, 0.1) is 0 Å². The maximum atomic E-state index is 12.3. The average Bonchev–Trinajstić information content (AvgIpc) is 2.85. The third-order valence-electron chi connectivity index (χ3n) is 4.78. The van der Waals surface area contributed by atoms with Crippen LogP contribution in [-0.4, -0.2) is 41.8 Å². The van der Waals surface area contributed by atoms with E-state index in [4.69, 9.17) is 11.6 Å². The summed E-state index contributed by atoms with van der Waals surface area (Å²) in [4.78, 5) is 4.50. The SMILES string of the molecule is CN1CCN(c2cccc(Cl)c2)c2ccc(-c3ccc(OC(F)F)nn3)cc2C1. The number of aromatic nitrogens is 2. The van der Waals surface area contributed by atoms with Gasteiger partial charge in [0.05, 0.1) is 5.69 Å². The number of hydrogen-bond donors (Lipinski definition) is 0. The monoisotopic (exact) mass is 416 g/mol. The van der Waals surface area contributed by atoms with Crippen molar-refractivity contribution in [2.45, 2.75) is 13.2 Å². The van der Waals surface area contributed by atoms with Gasteiger partial charge in [-0.25, -0.2) is 0 Å². The van der Waals surface area contributed by atoms with Gasteiger partial charge >= 0.3 is 6.61 Å². The fourth-order valence-corrected chi connectivity index (χ4v) is 3.62. The summed E-state index contributed by atoms with van der Waals surface area (Å²) in [5.74, 6) is -0.203. The van der Waals surface area contributed by atoms with Crippen molar-refractivity contribution < 1.29 is 13.5 Å². The molecule has 2 heterocycles. The molecule has 5 nitrogen and oxygen atoms in total. The minimum atomic E-state index is -2.92. The van der Waals surface area contributed by atoms with E-state index in [0.717, 1.165) is 42.1 Å². The highest BCUT2D eigenvalue weighted by molar-refractivity contribution is 6.30. The van der Waals surface area contributed by atoms with Crippen molar-refractivity contribution in [2.24, 2.45) is 0 Å². The first kappa shape index (κ1) is 19.5. The van der Waals surface area contributed by atoms with E-state index < -0.39 is 6.61 Å². The predicted octanol–water partition coefficient (Wildman–Crippen LogP) is 4.98. The van der Waals surface area contributed by atoms with E-state index in [0.29, 0.717) is 10.7 Å². The van der Waals surface area contributed by atoms with Crippen molar-refractivity contribution in [1.29, 1.82) is 0 Å². The standard InChI is InChI=1S/C21H19ClF2N4O/c1-27-9-10-28(17-4-2-3-16(22)12-17)19-7-5-14(11-15(19)13-27)18-6-8-20(26-25-18)29-21(23)24/h2-8,11-12,21H,9-10,13H2,1H3. The first-order valence-electron chi connectivity index (χ1n) is 9.13. The van der Waals surface area contributed by atoms with Gasteiger partial charge in [0.25, 0.3) is 0 Å². The van der Waals surface area contributed by atoms with Gasteiger partial charge in [-0.2, -0.15) is 8.78 Å². The van der Waals surface area contributed by atoms with Crippen LogP contribution in [0.3, 0.4) is 0 Å². The predicted molar refractivity (Wildman–Crippen MR) is 109 cm³/mol. The summed E-state index contributed by atoms with van der Waals surface area (Å²) >= 11 is 6.20. The molecule has 0 radical (unpaired) electrons. The van der Waals surface area contributed by atoms with Gasteiger partial charge in [0.15, 0.2) is 0 Å². The number of alkyl halides is 2. The molecule has 0 aliphatic carbocycles. The fourth-order valence-electron chi connectivity index (χ4n) is 3.44. The highest BCUT2D eigenvalue weighted by Gasteiger charge is 2.20. The highest BCUT2D eigenvalue weighted by Crippen LogP contribution is 2.35. The lowest BCUT2D eigenvalue weighted by Crippen LogP contribution is -2.26. The zero-order valence-electron chi connectivity index (χ0n) is 15.7. The van der Waals surface area contributed by atoms with E-state index in [1.807, 2.05) is 30.3 Å². The van der Waals surface area contributed by atoms with Crippen LogP contribution in [0.15, 0.2) is 54.6 Å². The van der Waals surface area contributed by atoms with Gasteiger partial charge in [-0.3, -0.25) is 0 Å². The summed E-state index contributed by atoms with van der Waals surface area (Å²) in [5, 5.41) is 8.45. The minimum Gasteiger partial charge on any atom is -0.415 e. The number of rotatable bonds is 4. The maximum Gasteiger partial charge on any atom is 0.388 e. The number of ether oxygens (including phenoxy) is 1. The van der Waals surface area contributed by atoms with Crippen LogP contribution in [0.5, 0.6) is 5.88 Å². The quantitative estimate of drug-likeness (QED) is 0.600. The Balaban J connectivity index is 1.69. The molecule has 8 heteroatoms. The number of halogens is 3. The third-order valence-corrected chi connectivity index (χ3v) is 5.02. The van der Waals surface area contributed by atoms with E-state index in [2.05, 4.69) is 43.9 Å². The van der Waals surface area contributed by atoms with Crippen LogP contribution in [-0.2, 0) is 6.54 Å². The number of anilines is 2. The van der Waals surface area contributed by atoms with Crippen LogP contribution >= 0.6 is 11.6 Å². The molecule has 150 valence electrons. The van der Waals surface area contributed by atoms with Crippen LogP contribution in [0.4, 0.5) is 20.2 Å². The largest absolute Gasteiger partial charge is 0.415 e. The van der Waals surface area contributed by atoms with Crippen LogP contribution in [0.2, 0.25) is 5.02 Å². The molecule has 0 fully saturated rings. The molecule has 1 aromatic heterocycles. The Morgan fingerprint density at radius 2 is 1.90 bits per heavy atom. The first-order chi connectivity index (χ1) is 14.0. The fraction of sp³-hybridized carbons (Fsp3) is 0.238. The third kappa shape index (κ3) is 4.46. The molecule has 4 rings (SSSR count). The highest BCUT2D eigenvalue weighted by atomic mass is 35.5. The number of hydrogen-bond acceptors (Lipinski definition) is 5. The number of likely N-dealkylation sites (N-methyl/N-ethyl adjacent to an activating group) is 1. The summed E-state index contributed by atoms with van der Waals surface area (Å²) < 4.78 is 28.9. The topological polar surface area (TPSA) is 41.5 Å². The van der Waals surface area contributed by atoms with Gasteiger partial charge in [-0.1, -0.05) is 23.7 Å². The molecule has 29 heavy (non-hydrogen) atoms. The second-order valence-corrected chi connectivity index (χ2v) is 7.28. The van der Waals surface area contributed by atoms with Gasteiger partial charge in [0.1, 0.15) is 0 Å². The van der Waals surface area contributed by atoms with Gasteiger partial charge in [0, 0.05) is 47.7 Å². The van der Waals surface area contributed by atoms with Gasteiger partial charge in [-0.05, 0) is 49.0 Å². The zero-order valence-corrected chi connectivity index (χ0v) is 16.5. The normalized spacial score (nSPS) is 14.6. The van der Waals surface area contributed by atoms with Crippen molar-refractivity contribution in [3.05, 3.63) is 65.2 Å². The van der Waals surface area contributed by atoms with Crippen molar-refractivity contribution in [2.75, 3.05) is 25.0 Å².